The number of thioether (sulfide) groups is 1. The summed E-state index contributed by atoms with van der Waals surface area (Å²) >= 11 is 3.61. The van der Waals surface area contributed by atoms with Crippen molar-refractivity contribution < 1.29 is 0 Å². The molecule has 0 fully saturated rings. The minimum absolute atomic E-state index is 0.356. The molecule has 1 aromatic rings. The van der Waals surface area contributed by atoms with E-state index in [0.717, 1.165) is 18.7 Å². The summed E-state index contributed by atoms with van der Waals surface area (Å²) in [5.41, 5.74) is 0.772. The lowest BCUT2D eigenvalue weighted by Gasteiger charge is -2.29. The van der Waals surface area contributed by atoms with E-state index in [0.29, 0.717) is 4.75 Å². The van der Waals surface area contributed by atoms with Crippen LogP contribution in [-0.2, 0) is 6.54 Å². The lowest BCUT2D eigenvalue weighted by Crippen LogP contribution is -2.36. The normalized spacial score (nSPS) is 11.4. The lowest BCUT2D eigenvalue weighted by atomic mass is 10.0. The molecule has 0 amide bonds. The number of nitriles is 1. The topological polar surface area (TPSA) is 35.8 Å². The third kappa shape index (κ3) is 4.02. The summed E-state index contributed by atoms with van der Waals surface area (Å²) < 4.78 is 0.356. The molecule has 0 bridgehead atoms. The molecule has 17 heavy (non-hydrogen) atoms. The number of nitrogens with one attached hydrogen (secondary N) is 1. The molecule has 0 radical (unpaired) electrons. The summed E-state index contributed by atoms with van der Waals surface area (Å²) in [5.74, 6) is 0. The fraction of sp³-hybridized carbons (Fsp3) is 0.615. The molecule has 0 aliphatic heterocycles. The van der Waals surface area contributed by atoms with Crippen molar-refractivity contribution in [1.82, 2.24) is 5.32 Å². The van der Waals surface area contributed by atoms with E-state index in [1.54, 1.807) is 11.3 Å². The zero-order valence-electron chi connectivity index (χ0n) is 10.7. The van der Waals surface area contributed by atoms with Crippen LogP contribution in [0.25, 0.3) is 0 Å². The fourth-order valence-corrected chi connectivity index (χ4v) is 3.41. The summed E-state index contributed by atoms with van der Waals surface area (Å²) in [5, 5.41) is 14.2. The van der Waals surface area contributed by atoms with Gasteiger partial charge in [-0.2, -0.15) is 17.0 Å². The third-order valence-corrected chi connectivity index (χ3v) is 5.78. The molecular weight excluding hydrogens is 248 g/mol. The van der Waals surface area contributed by atoms with Gasteiger partial charge in [0, 0.05) is 28.1 Å². The van der Waals surface area contributed by atoms with Crippen LogP contribution < -0.4 is 5.32 Å². The predicted octanol–water partition coefficient (Wildman–Crippen LogP) is 3.63. The van der Waals surface area contributed by atoms with Crippen LogP contribution in [0.4, 0.5) is 0 Å². The van der Waals surface area contributed by atoms with E-state index in [1.165, 1.54) is 17.7 Å². The highest BCUT2D eigenvalue weighted by Gasteiger charge is 2.23. The van der Waals surface area contributed by atoms with Crippen molar-refractivity contribution in [3.05, 3.63) is 21.9 Å². The molecule has 1 aromatic heterocycles. The molecule has 1 N–H and O–H groups in total. The van der Waals surface area contributed by atoms with Crippen molar-refractivity contribution in [2.75, 3.05) is 12.8 Å². The molecule has 0 atom stereocenters. The smallest absolute Gasteiger partial charge is 0.100 e. The molecule has 1 rings (SSSR count). The van der Waals surface area contributed by atoms with Gasteiger partial charge in [-0.3, -0.25) is 0 Å². The van der Waals surface area contributed by atoms with Crippen molar-refractivity contribution in [3.63, 3.8) is 0 Å². The van der Waals surface area contributed by atoms with Crippen LogP contribution >= 0.6 is 23.1 Å². The Bertz CT molecular complexity index is 367. The van der Waals surface area contributed by atoms with Crippen LogP contribution in [0.3, 0.4) is 0 Å². The maximum absolute atomic E-state index is 8.75. The Kier molecular flexibility index (Phi) is 6.04. The minimum atomic E-state index is 0.356. The first kappa shape index (κ1) is 14.6. The van der Waals surface area contributed by atoms with Crippen molar-refractivity contribution in [1.29, 1.82) is 5.26 Å². The fourth-order valence-electron chi connectivity index (χ4n) is 1.81. The maximum atomic E-state index is 8.75. The monoisotopic (exact) mass is 268 g/mol. The molecule has 0 saturated heterocycles. The lowest BCUT2D eigenvalue weighted by molar-refractivity contribution is 0.496. The van der Waals surface area contributed by atoms with E-state index in [2.05, 4.69) is 31.5 Å². The Morgan fingerprint density at radius 3 is 2.65 bits per heavy atom. The first-order chi connectivity index (χ1) is 8.19. The average Bonchev–Trinajstić information content (AvgIpc) is 2.83. The van der Waals surface area contributed by atoms with Gasteiger partial charge in [0.1, 0.15) is 6.07 Å². The van der Waals surface area contributed by atoms with Gasteiger partial charge in [0.15, 0.2) is 0 Å². The minimum Gasteiger partial charge on any atom is -0.310 e. The largest absolute Gasteiger partial charge is 0.310 e. The van der Waals surface area contributed by atoms with E-state index >= 15 is 0 Å². The SMILES string of the molecule is CCC(CC)(CNCc1cc(C#N)cs1)SC. The quantitative estimate of drug-likeness (QED) is 0.820. The summed E-state index contributed by atoms with van der Waals surface area (Å²) in [6, 6.07) is 4.13. The van der Waals surface area contributed by atoms with Gasteiger partial charge in [0.05, 0.1) is 5.56 Å². The predicted molar refractivity (Wildman–Crippen MR) is 77.6 cm³/mol. The van der Waals surface area contributed by atoms with Gasteiger partial charge in [0.25, 0.3) is 0 Å². The van der Waals surface area contributed by atoms with Crippen LogP contribution in [0.15, 0.2) is 11.4 Å². The van der Waals surface area contributed by atoms with Crippen LogP contribution in [0.1, 0.15) is 37.1 Å². The molecule has 1 heterocycles. The standard InChI is InChI=1S/C13H20N2S2/c1-4-13(5-2,16-3)10-15-8-12-6-11(7-14)9-17-12/h6,9,15H,4-5,8,10H2,1-3H3. The second-order valence-corrected chi connectivity index (χ2v) is 6.38. The number of nitrogens with zero attached hydrogens (tertiary/aromatic N) is 1. The maximum Gasteiger partial charge on any atom is 0.100 e. The van der Waals surface area contributed by atoms with Gasteiger partial charge in [-0.1, -0.05) is 13.8 Å². The molecule has 4 heteroatoms. The van der Waals surface area contributed by atoms with E-state index in [4.69, 9.17) is 5.26 Å². The number of rotatable bonds is 7. The highest BCUT2D eigenvalue weighted by molar-refractivity contribution is 8.00. The second kappa shape index (κ2) is 7.05. The van der Waals surface area contributed by atoms with Crippen molar-refractivity contribution in [2.24, 2.45) is 0 Å². The van der Waals surface area contributed by atoms with E-state index in [9.17, 15) is 0 Å². The number of thiophene rings is 1. The van der Waals surface area contributed by atoms with Crippen molar-refractivity contribution >= 4 is 23.1 Å². The Balaban J connectivity index is 2.44. The van der Waals surface area contributed by atoms with Crippen LogP contribution in [0.2, 0.25) is 0 Å². The average molecular weight is 268 g/mol. The molecule has 2 nitrogen and oxygen atoms in total. The molecule has 0 aliphatic carbocycles. The highest BCUT2D eigenvalue weighted by atomic mass is 32.2. The van der Waals surface area contributed by atoms with Gasteiger partial charge in [-0.25, -0.2) is 0 Å². The van der Waals surface area contributed by atoms with Crippen molar-refractivity contribution in [2.45, 2.75) is 38.0 Å². The van der Waals surface area contributed by atoms with Gasteiger partial charge < -0.3 is 5.32 Å². The highest BCUT2D eigenvalue weighted by Crippen LogP contribution is 2.29. The molecular formula is C13H20N2S2. The Hall–Kier alpha value is -0.500. The van der Waals surface area contributed by atoms with E-state index in [1.807, 2.05) is 23.2 Å². The van der Waals surface area contributed by atoms with E-state index in [-0.39, 0.29) is 0 Å². The van der Waals surface area contributed by atoms with Gasteiger partial charge in [0.2, 0.25) is 0 Å². The molecule has 94 valence electrons. The zero-order chi connectivity index (χ0) is 12.7. The van der Waals surface area contributed by atoms with E-state index < -0.39 is 0 Å². The number of hydrogen-bond donors (Lipinski definition) is 1. The first-order valence-corrected chi connectivity index (χ1v) is 8.03. The number of hydrogen-bond acceptors (Lipinski definition) is 4. The molecule has 0 unspecified atom stereocenters. The molecule has 0 aromatic carbocycles. The van der Waals surface area contributed by atoms with Crippen LogP contribution in [0, 0.1) is 11.3 Å². The summed E-state index contributed by atoms with van der Waals surface area (Å²) in [4.78, 5) is 1.24. The second-order valence-electron chi connectivity index (χ2n) is 4.11. The van der Waals surface area contributed by atoms with Crippen LogP contribution in [0.5, 0.6) is 0 Å². The Morgan fingerprint density at radius 1 is 1.47 bits per heavy atom. The zero-order valence-corrected chi connectivity index (χ0v) is 12.4. The van der Waals surface area contributed by atoms with Crippen molar-refractivity contribution in [3.8, 4) is 6.07 Å². The molecule has 0 spiro atoms. The summed E-state index contributed by atoms with van der Waals surface area (Å²) in [6.07, 6.45) is 4.56. The molecule has 0 aliphatic rings. The molecule has 0 saturated carbocycles. The van der Waals surface area contributed by atoms with Crippen LogP contribution in [-0.4, -0.2) is 17.5 Å². The Labute approximate surface area is 112 Å². The first-order valence-electron chi connectivity index (χ1n) is 5.93. The van der Waals surface area contributed by atoms with Gasteiger partial charge in [-0.15, -0.1) is 11.3 Å². The third-order valence-electron chi connectivity index (χ3n) is 3.25. The van der Waals surface area contributed by atoms with Gasteiger partial charge >= 0.3 is 0 Å². The summed E-state index contributed by atoms with van der Waals surface area (Å²) in [7, 11) is 0. The Morgan fingerprint density at radius 2 is 2.18 bits per heavy atom. The van der Waals surface area contributed by atoms with Gasteiger partial charge in [-0.05, 0) is 25.2 Å². The summed E-state index contributed by atoms with van der Waals surface area (Å²) in [6.45, 7) is 6.40.